The Morgan fingerprint density at radius 3 is 2.33 bits per heavy atom. The van der Waals surface area contributed by atoms with Crippen LogP contribution in [0, 0.1) is 0 Å². The summed E-state index contributed by atoms with van der Waals surface area (Å²) in [5, 5.41) is 0.885. The summed E-state index contributed by atoms with van der Waals surface area (Å²) in [7, 11) is 0. The third kappa shape index (κ3) is 3.13. The standard InChI is InChI=1S/C23H18N2OS/c26-23(25-14-18-8-4-5-9-19(18)15-25)13-22-24-20-11-10-17(12-21(20)27-22)16-6-2-1-3-7-16/h1-12H,13-15H2. The lowest BCUT2D eigenvalue weighted by Gasteiger charge is -2.14. The molecule has 3 nitrogen and oxygen atoms in total. The Hall–Kier alpha value is -2.98. The van der Waals surface area contributed by atoms with Gasteiger partial charge in [0.05, 0.1) is 16.6 Å². The normalized spacial score (nSPS) is 13.1. The van der Waals surface area contributed by atoms with E-state index in [0.717, 1.165) is 15.2 Å². The molecule has 1 aliphatic rings. The maximum atomic E-state index is 12.7. The van der Waals surface area contributed by atoms with Gasteiger partial charge in [-0.1, -0.05) is 60.7 Å². The molecule has 0 N–H and O–H groups in total. The van der Waals surface area contributed by atoms with Crippen molar-refractivity contribution in [1.29, 1.82) is 0 Å². The highest BCUT2D eigenvalue weighted by Gasteiger charge is 2.23. The van der Waals surface area contributed by atoms with Crippen molar-refractivity contribution in [2.45, 2.75) is 19.5 Å². The van der Waals surface area contributed by atoms with Gasteiger partial charge in [-0.3, -0.25) is 4.79 Å². The van der Waals surface area contributed by atoms with E-state index in [2.05, 4.69) is 41.4 Å². The lowest BCUT2D eigenvalue weighted by molar-refractivity contribution is -0.131. The minimum atomic E-state index is 0.147. The number of nitrogens with zero attached hydrogens (tertiary/aromatic N) is 2. The number of aromatic nitrogens is 1. The first-order chi connectivity index (χ1) is 13.3. The van der Waals surface area contributed by atoms with E-state index in [1.54, 1.807) is 11.3 Å². The fraction of sp³-hybridized carbons (Fsp3) is 0.130. The van der Waals surface area contributed by atoms with Gasteiger partial charge in [-0.15, -0.1) is 11.3 Å². The van der Waals surface area contributed by atoms with Gasteiger partial charge in [-0.25, -0.2) is 4.98 Å². The molecule has 0 aliphatic carbocycles. The largest absolute Gasteiger partial charge is 0.334 e. The zero-order valence-electron chi connectivity index (χ0n) is 14.8. The Morgan fingerprint density at radius 2 is 1.59 bits per heavy atom. The van der Waals surface area contributed by atoms with Gasteiger partial charge in [0.1, 0.15) is 5.01 Å². The van der Waals surface area contributed by atoms with E-state index in [1.165, 1.54) is 22.3 Å². The van der Waals surface area contributed by atoms with Gasteiger partial charge in [0.15, 0.2) is 0 Å². The molecule has 4 heteroatoms. The van der Waals surface area contributed by atoms with Crippen LogP contribution in [-0.2, 0) is 24.3 Å². The Morgan fingerprint density at radius 1 is 0.889 bits per heavy atom. The summed E-state index contributed by atoms with van der Waals surface area (Å²) in [6.45, 7) is 1.41. The first-order valence-corrected chi connectivity index (χ1v) is 9.87. The molecule has 0 radical (unpaired) electrons. The average Bonchev–Trinajstić information content (AvgIpc) is 3.31. The number of amides is 1. The molecule has 0 atom stereocenters. The molecule has 1 aliphatic heterocycles. The first kappa shape index (κ1) is 16.2. The lowest BCUT2D eigenvalue weighted by Crippen LogP contribution is -2.26. The van der Waals surface area contributed by atoms with Crippen molar-refractivity contribution < 1.29 is 4.79 Å². The van der Waals surface area contributed by atoms with E-state index in [9.17, 15) is 4.79 Å². The van der Waals surface area contributed by atoms with Gasteiger partial charge in [-0.2, -0.15) is 0 Å². The highest BCUT2D eigenvalue weighted by Crippen LogP contribution is 2.29. The van der Waals surface area contributed by atoms with Crippen LogP contribution in [0.25, 0.3) is 21.3 Å². The Balaban J connectivity index is 1.36. The lowest BCUT2D eigenvalue weighted by atomic mass is 10.1. The molecule has 4 aromatic rings. The third-order valence-electron chi connectivity index (χ3n) is 5.04. The SMILES string of the molecule is O=C(Cc1nc2ccc(-c3ccccc3)cc2s1)N1Cc2ccccc2C1. The van der Waals surface area contributed by atoms with Crippen LogP contribution in [0.5, 0.6) is 0 Å². The van der Waals surface area contributed by atoms with E-state index < -0.39 is 0 Å². The van der Waals surface area contributed by atoms with Crippen LogP contribution >= 0.6 is 11.3 Å². The van der Waals surface area contributed by atoms with E-state index in [0.29, 0.717) is 19.5 Å². The Bertz CT molecular complexity index is 1110. The number of rotatable bonds is 3. The molecular weight excluding hydrogens is 352 g/mol. The predicted octanol–water partition coefficient (Wildman–Crippen LogP) is 5.05. The Labute approximate surface area is 161 Å². The summed E-state index contributed by atoms with van der Waals surface area (Å²) in [6, 6.07) is 24.9. The second-order valence-electron chi connectivity index (χ2n) is 6.85. The fourth-order valence-corrected chi connectivity index (χ4v) is 4.61. The van der Waals surface area contributed by atoms with E-state index in [4.69, 9.17) is 0 Å². The van der Waals surface area contributed by atoms with Crippen molar-refractivity contribution in [3.05, 3.63) is 88.9 Å². The maximum absolute atomic E-state index is 12.7. The molecule has 5 rings (SSSR count). The van der Waals surface area contributed by atoms with Crippen molar-refractivity contribution in [2.24, 2.45) is 0 Å². The third-order valence-corrected chi connectivity index (χ3v) is 6.05. The molecule has 0 saturated heterocycles. The van der Waals surface area contributed by atoms with Gasteiger partial charge in [0.2, 0.25) is 5.91 Å². The van der Waals surface area contributed by atoms with E-state index in [-0.39, 0.29) is 5.91 Å². The van der Waals surface area contributed by atoms with Gasteiger partial charge < -0.3 is 4.90 Å². The molecule has 0 spiro atoms. The van der Waals surface area contributed by atoms with Crippen LogP contribution in [0.15, 0.2) is 72.8 Å². The molecule has 1 amide bonds. The number of hydrogen-bond donors (Lipinski definition) is 0. The molecule has 0 fully saturated rings. The van der Waals surface area contributed by atoms with Crippen LogP contribution in [-0.4, -0.2) is 15.8 Å². The number of carbonyl (C=O) groups excluding carboxylic acids is 1. The second-order valence-corrected chi connectivity index (χ2v) is 7.97. The minimum Gasteiger partial charge on any atom is -0.334 e. The minimum absolute atomic E-state index is 0.147. The number of carbonyl (C=O) groups is 1. The van der Waals surface area contributed by atoms with E-state index in [1.807, 2.05) is 41.3 Å². The van der Waals surface area contributed by atoms with Gasteiger partial charge in [0, 0.05) is 13.1 Å². The van der Waals surface area contributed by atoms with Gasteiger partial charge in [0.25, 0.3) is 0 Å². The molecule has 1 aromatic heterocycles. The van der Waals surface area contributed by atoms with Crippen LogP contribution in [0.1, 0.15) is 16.1 Å². The predicted molar refractivity (Wildman–Crippen MR) is 109 cm³/mol. The van der Waals surface area contributed by atoms with Gasteiger partial charge in [-0.05, 0) is 34.4 Å². The van der Waals surface area contributed by atoms with Crippen molar-refractivity contribution in [3.63, 3.8) is 0 Å². The number of fused-ring (bicyclic) bond motifs is 2. The number of benzene rings is 3. The van der Waals surface area contributed by atoms with Crippen LogP contribution < -0.4 is 0 Å². The smallest absolute Gasteiger partial charge is 0.230 e. The zero-order valence-corrected chi connectivity index (χ0v) is 15.6. The Kier molecular flexibility index (Phi) is 3.98. The fourth-order valence-electron chi connectivity index (χ4n) is 3.61. The monoisotopic (exact) mass is 370 g/mol. The van der Waals surface area contributed by atoms with Crippen LogP contribution in [0.3, 0.4) is 0 Å². The average molecular weight is 370 g/mol. The summed E-state index contributed by atoms with van der Waals surface area (Å²) in [4.78, 5) is 19.3. The molecule has 0 unspecified atom stereocenters. The summed E-state index contributed by atoms with van der Waals surface area (Å²) >= 11 is 1.62. The van der Waals surface area contributed by atoms with E-state index >= 15 is 0 Å². The van der Waals surface area contributed by atoms with Crippen molar-refractivity contribution in [1.82, 2.24) is 9.88 Å². The maximum Gasteiger partial charge on any atom is 0.230 e. The highest BCUT2D eigenvalue weighted by molar-refractivity contribution is 7.18. The summed E-state index contributed by atoms with van der Waals surface area (Å²) in [5.41, 5.74) is 5.84. The first-order valence-electron chi connectivity index (χ1n) is 9.06. The van der Waals surface area contributed by atoms with Crippen molar-refractivity contribution in [2.75, 3.05) is 0 Å². The topological polar surface area (TPSA) is 33.2 Å². The summed E-state index contributed by atoms with van der Waals surface area (Å²) in [5.74, 6) is 0.147. The second kappa shape index (κ2) is 6.63. The van der Waals surface area contributed by atoms with Crippen LogP contribution in [0.2, 0.25) is 0 Å². The molecule has 132 valence electrons. The van der Waals surface area contributed by atoms with Crippen molar-refractivity contribution >= 4 is 27.5 Å². The zero-order chi connectivity index (χ0) is 18.2. The quantitative estimate of drug-likeness (QED) is 0.506. The molecule has 0 bridgehead atoms. The summed E-state index contributed by atoms with van der Waals surface area (Å²) < 4.78 is 1.13. The molecular formula is C23H18N2OS. The molecule has 3 aromatic carbocycles. The highest BCUT2D eigenvalue weighted by atomic mass is 32.1. The molecule has 27 heavy (non-hydrogen) atoms. The summed E-state index contributed by atoms with van der Waals surface area (Å²) in [6.07, 6.45) is 0.369. The van der Waals surface area contributed by atoms with Crippen LogP contribution in [0.4, 0.5) is 0 Å². The number of thiazole rings is 1. The molecule has 0 saturated carbocycles. The molecule has 2 heterocycles. The number of hydrogen-bond acceptors (Lipinski definition) is 3. The van der Waals surface area contributed by atoms with Crippen molar-refractivity contribution in [3.8, 4) is 11.1 Å². The van der Waals surface area contributed by atoms with Gasteiger partial charge >= 0.3 is 0 Å².